The van der Waals surface area contributed by atoms with E-state index in [0.717, 1.165) is 70.6 Å². The molecular weight excluding hydrogens is 785 g/mol. The summed E-state index contributed by atoms with van der Waals surface area (Å²) in [6.45, 7) is 3.13. The number of esters is 2. The molecule has 0 bridgehead atoms. The second-order valence-corrected chi connectivity index (χ2v) is 16.4. The number of ketones is 1. The van der Waals surface area contributed by atoms with Crippen LogP contribution in [-0.4, -0.2) is 77.5 Å². The van der Waals surface area contributed by atoms with Gasteiger partial charge in [0.1, 0.15) is 12.4 Å². The average molecular weight is 862 g/mol. The maximum Gasteiger partial charge on any atom is 0.472 e. The van der Waals surface area contributed by atoms with Gasteiger partial charge in [0, 0.05) is 37.6 Å². The molecule has 1 saturated carbocycles. The van der Waals surface area contributed by atoms with Gasteiger partial charge in [-0.3, -0.25) is 23.4 Å². The third-order valence-corrected chi connectivity index (χ3v) is 10.7. The van der Waals surface area contributed by atoms with Crippen LogP contribution in [0.5, 0.6) is 0 Å². The van der Waals surface area contributed by atoms with Crippen molar-refractivity contribution < 1.29 is 52.6 Å². The van der Waals surface area contributed by atoms with Gasteiger partial charge in [0.05, 0.1) is 25.4 Å². The van der Waals surface area contributed by atoms with E-state index in [2.05, 4.69) is 74.6 Å². The summed E-state index contributed by atoms with van der Waals surface area (Å²) in [6, 6.07) is 0. The van der Waals surface area contributed by atoms with E-state index < -0.39 is 44.7 Å². The van der Waals surface area contributed by atoms with Gasteiger partial charge in [-0.05, 0) is 64.2 Å². The summed E-state index contributed by atoms with van der Waals surface area (Å²) in [5.41, 5.74) is 5.34. The summed E-state index contributed by atoms with van der Waals surface area (Å²) in [5.74, 6) is -1.67. The van der Waals surface area contributed by atoms with Crippen LogP contribution in [0.4, 0.5) is 0 Å². The number of hydrogen-bond donors (Lipinski definition) is 4. The van der Waals surface area contributed by atoms with E-state index >= 15 is 0 Å². The zero-order valence-electron chi connectivity index (χ0n) is 36.4. The first-order valence-corrected chi connectivity index (χ1v) is 23.7. The zero-order valence-corrected chi connectivity index (χ0v) is 37.3. The number of phosphoric acid groups is 1. The normalized spacial score (nSPS) is 19.6. The molecule has 5 N–H and O–H groups in total. The molecule has 12 nitrogen and oxygen atoms in total. The number of ether oxygens (including phenoxy) is 2. The average Bonchev–Trinajstić information content (AvgIpc) is 3.49. The van der Waals surface area contributed by atoms with E-state index in [4.69, 9.17) is 24.3 Å². The van der Waals surface area contributed by atoms with Crippen molar-refractivity contribution in [2.75, 3.05) is 26.4 Å². The van der Waals surface area contributed by atoms with E-state index in [-0.39, 0.29) is 56.6 Å². The van der Waals surface area contributed by atoms with Crippen molar-refractivity contribution in [3.8, 4) is 0 Å². The van der Waals surface area contributed by atoms with Gasteiger partial charge in [-0.2, -0.15) is 0 Å². The Morgan fingerprint density at radius 1 is 0.783 bits per heavy atom. The lowest BCUT2D eigenvalue weighted by Crippen LogP contribution is -2.29. The molecule has 340 valence electrons. The number of allylic oxidation sites excluding steroid dienone is 12. The van der Waals surface area contributed by atoms with E-state index in [1.165, 1.54) is 0 Å². The minimum absolute atomic E-state index is 0.000572. The molecule has 13 heteroatoms. The lowest BCUT2D eigenvalue weighted by molar-refractivity contribution is -0.161. The predicted molar refractivity (Wildman–Crippen MR) is 239 cm³/mol. The molecule has 1 aliphatic rings. The van der Waals surface area contributed by atoms with Gasteiger partial charge in [-0.15, -0.1) is 0 Å². The maximum absolute atomic E-state index is 12.7. The van der Waals surface area contributed by atoms with Gasteiger partial charge in [0.15, 0.2) is 6.10 Å². The van der Waals surface area contributed by atoms with Crippen molar-refractivity contribution >= 4 is 25.5 Å². The molecule has 60 heavy (non-hydrogen) atoms. The molecule has 1 fully saturated rings. The minimum Gasteiger partial charge on any atom is -0.462 e. The molecule has 0 saturated heterocycles. The van der Waals surface area contributed by atoms with E-state index in [0.29, 0.717) is 32.1 Å². The van der Waals surface area contributed by atoms with E-state index in [1.807, 2.05) is 12.2 Å². The Hall–Kier alpha value is -3.22. The summed E-state index contributed by atoms with van der Waals surface area (Å²) in [5, 5.41) is 20.7. The standard InChI is InChI=1S/C47H76NO11P/c1-3-5-7-8-9-10-11-12-13-14-15-16-17-18-19-20-21-22-27-31-46(52)56-38-41(39-58-60(54,55)57-36-35-48)59-47(53)32-28-24-23-26-30-42-43(45(51)37-44(42)50)34-33-40(49)29-25-6-4-2/h5,7,9-10,12-13,15-16,18-19,21-22,33-34,40-43,45,49,51H,3-4,6,8,11,14,17,20,23-32,35-39,48H2,1-2H3,(H,54,55)/b7-5-,10-9-,13-12-,16-15-,19-18-,22-21-,34-33+/t40-,41+,42+,43+,45+/m0/s1. The number of carbonyl (C=O) groups is 3. The van der Waals surface area contributed by atoms with Gasteiger partial charge in [-0.1, -0.05) is 137 Å². The van der Waals surface area contributed by atoms with Crippen LogP contribution in [0, 0.1) is 11.8 Å². The van der Waals surface area contributed by atoms with Crippen molar-refractivity contribution in [3.05, 3.63) is 85.1 Å². The fraction of sp³-hybridized carbons (Fsp3) is 0.638. The number of hydrogen-bond acceptors (Lipinski definition) is 11. The number of nitrogens with two attached hydrogens (primary N) is 1. The predicted octanol–water partition coefficient (Wildman–Crippen LogP) is 9.42. The Kier molecular flexibility index (Phi) is 33.3. The monoisotopic (exact) mass is 862 g/mol. The van der Waals surface area contributed by atoms with Crippen LogP contribution in [0.15, 0.2) is 85.1 Å². The Bertz CT molecular complexity index is 1420. The molecule has 0 amide bonds. The molecular formula is C47H76NO11P. The first kappa shape index (κ1) is 54.8. The highest BCUT2D eigenvalue weighted by atomic mass is 31.2. The van der Waals surface area contributed by atoms with Crippen LogP contribution in [0.2, 0.25) is 0 Å². The smallest absolute Gasteiger partial charge is 0.462 e. The van der Waals surface area contributed by atoms with Crippen LogP contribution in [0.1, 0.15) is 136 Å². The lowest BCUT2D eigenvalue weighted by Gasteiger charge is -2.20. The molecule has 0 aromatic heterocycles. The van der Waals surface area contributed by atoms with Crippen molar-refractivity contribution in [1.29, 1.82) is 0 Å². The van der Waals surface area contributed by atoms with E-state index in [9.17, 15) is 34.1 Å². The summed E-state index contributed by atoms with van der Waals surface area (Å²) < 4.78 is 32.7. The third-order valence-electron chi connectivity index (χ3n) is 9.67. The molecule has 0 spiro atoms. The van der Waals surface area contributed by atoms with Gasteiger partial charge >= 0.3 is 19.8 Å². The molecule has 0 aromatic rings. The van der Waals surface area contributed by atoms with Crippen molar-refractivity contribution in [2.24, 2.45) is 17.6 Å². The van der Waals surface area contributed by atoms with Crippen LogP contribution in [0.3, 0.4) is 0 Å². The van der Waals surface area contributed by atoms with Gasteiger partial charge in [-0.25, -0.2) is 4.57 Å². The van der Waals surface area contributed by atoms with Gasteiger partial charge < -0.3 is 30.3 Å². The third kappa shape index (κ3) is 29.9. The Morgan fingerprint density at radius 3 is 1.98 bits per heavy atom. The summed E-state index contributed by atoms with van der Waals surface area (Å²) in [6.07, 6.45) is 39.6. The Balaban J connectivity index is 2.42. The highest BCUT2D eigenvalue weighted by Gasteiger charge is 2.39. The number of Topliss-reactive ketones (excluding diaryl/α,β-unsaturated/α-hetero) is 1. The lowest BCUT2D eigenvalue weighted by atomic mass is 9.88. The van der Waals surface area contributed by atoms with Gasteiger partial charge in [0.2, 0.25) is 0 Å². The molecule has 0 aromatic carbocycles. The number of aliphatic hydroxyl groups excluding tert-OH is 2. The minimum atomic E-state index is -4.47. The summed E-state index contributed by atoms with van der Waals surface area (Å²) in [7, 11) is -4.47. The van der Waals surface area contributed by atoms with Gasteiger partial charge in [0.25, 0.3) is 0 Å². The van der Waals surface area contributed by atoms with Crippen LogP contribution in [0.25, 0.3) is 0 Å². The van der Waals surface area contributed by atoms with E-state index in [1.54, 1.807) is 12.2 Å². The molecule has 1 aliphatic carbocycles. The fourth-order valence-corrected chi connectivity index (χ4v) is 7.14. The Labute approximate surface area is 360 Å². The first-order chi connectivity index (χ1) is 29.0. The number of aliphatic hydroxyl groups is 2. The molecule has 0 radical (unpaired) electrons. The second-order valence-electron chi connectivity index (χ2n) is 15.0. The largest absolute Gasteiger partial charge is 0.472 e. The molecule has 0 heterocycles. The van der Waals surface area contributed by atoms with Crippen molar-refractivity contribution in [2.45, 2.75) is 154 Å². The fourth-order valence-electron chi connectivity index (χ4n) is 6.38. The number of unbranched alkanes of at least 4 members (excludes halogenated alkanes) is 5. The SMILES string of the molecule is CC/C=C\C/C=C\C/C=C\C/C=C\C/C=C\C/C=C\CCC(=O)OC[C@H](COP(=O)(O)OCCN)OC(=O)CCCCCC[C@H]1C(=O)C[C@@H](O)[C@@H]1/C=C/[C@@H](O)CCCCC. The molecule has 6 atom stereocenters. The van der Waals surface area contributed by atoms with Crippen LogP contribution >= 0.6 is 7.82 Å². The van der Waals surface area contributed by atoms with Crippen molar-refractivity contribution in [1.82, 2.24) is 0 Å². The highest BCUT2D eigenvalue weighted by molar-refractivity contribution is 7.47. The molecule has 1 unspecified atom stereocenters. The topological polar surface area (TPSA) is 192 Å². The first-order valence-electron chi connectivity index (χ1n) is 22.2. The van der Waals surface area contributed by atoms with Crippen LogP contribution < -0.4 is 5.73 Å². The highest BCUT2D eigenvalue weighted by Crippen LogP contribution is 2.43. The number of phosphoric ester groups is 1. The maximum atomic E-state index is 12.7. The quantitative estimate of drug-likeness (QED) is 0.0202. The number of rotatable bonds is 36. The second kappa shape index (κ2) is 36.4. The van der Waals surface area contributed by atoms with Crippen LogP contribution in [-0.2, 0) is 37.5 Å². The number of carbonyl (C=O) groups excluding carboxylic acids is 3. The molecule has 0 aliphatic heterocycles. The van der Waals surface area contributed by atoms with Crippen molar-refractivity contribution in [3.63, 3.8) is 0 Å². The zero-order chi connectivity index (χ0) is 44.1. The summed E-state index contributed by atoms with van der Waals surface area (Å²) >= 11 is 0. The Morgan fingerprint density at radius 2 is 1.38 bits per heavy atom. The summed E-state index contributed by atoms with van der Waals surface area (Å²) in [4.78, 5) is 47.6. The molecule has 1 rings (SSSR count).